The first-order valence-electron chi connectivity index (χ1n) is 6.61. The maximum Gasteiger partial charge on any atom is 0.0430 e. The molecule has 92 valence electrons. The Balaban J connectivity index is 1.70. The molecule has 3 heterocycles. The molecule has 2 N–H and O–H groups in total. The van der Waals surface area contributed by atoms with E-state index in [1.165, 1.54) is 56.9 Å². The quantitative estimate of drug-likeness (QED) is 0.767. The van der Waals surface area contributed by atoms with E-state index in [2.05, 4.69) is 21.6 Å². The van der Waals surface area contributed by atoms with E-state index in [-0.39, 0.29) is 0 Å². The fourth-order valence-electron chi connectivity index (χ4n) is 3.56. The average molecular weight is 241 g/mol. The van der Waals surface area contributed by atoms with Crippen molar-refractivity contribution < 1.29 is 0 Å². The first-order chi connectivity index (χ1) is 7.84. The van der Waals surface area contributed by atoms with Crippen LogP contribution in [0.5, 0.6) is 0 Å². The van der Waals surface area contributed by atoms with Crippen LogP contribution in [0.2, 0.25) is 0 Å². The molecule has 0 aliphatic carbocycles. The molecule has 0 aromatic heterocycles. The van der Waals surface area contributed by atoms with E-state index in [4.69, 9.17) is 5.73 Å². The van der Waals surface area contributed by atoms with Crippen molar-refractivity contribution in [2.45, 2.75) is 30.8 Å². The topological polar surface area (TPSA) is 32.5 Å². The van der Waals surface area contributed by atoms with Gasteiger partial charge in [-0.2, -0.15) is 11.8 Å². The molecule has 3 rings (SSSR count). The molecule has 3 fully saturated rings. The van der Waals surface area contributed by atoms with Crippen LogP contribution in [0.1, 0.15) is 19.3 Å². The molecule has 3 aliphatic rings. The smallest absolute Gasteiger partial charge is 0.0430 e. The third kappa shape index (κ3) is 1.80. The van der Waals surface area contributed by atoms with Gasteiger partial charge in [0.1, 0.15) is 0 Å². The summed E-state index contributed by atoms with van der Waals surface area (Å²) < 4.78 is 0. The van der Waals surface area contributed by atoms with Gasteiger partial charge in [-0.05, 0) is 31.6 Å². The Labute approximate surface area is 103 Å². The molecule has 0 amide bonds. The van der Waals surface area contributed by atoms with Crippen molar-refractivity contribution in [3.63, 3.8) is 0 Å². The predicted octanol–water partition coefficient (Wildman–Crippen LogP) is 0.601. The van der Waals surface area contributed by atoms with E-state index in [0.717, 1.165) is 12.6 Å². The van der Waals surface area contributed by atoms with Gasteiger partial charge >= 0.3 is 0 Å². The van der Waals surface area contributed by atoms with Gasteiger partial charge < -0.3 is 5.73 Å². The number of fused-ring (bicyclic) bond motifs is 1. The zero-order chi connectivity index (χ0) is 11.0. The summed E-state index contributed by atoms with van der Waals surface area (Å²) in [6.45, 7) is 5.98. The molecule has 2 unspecified atom stereocenters. The van der Waals surface area contributed by atoms with Gasteiger partial charge in [-0.3, -0.25) is 9.80 Å². The summed E-state index contributed by atoms with van der Waals surface area (Å²) in [5.41, 5.74) is 6.41. The second-order valence-electron chi connectivity index (χ2n) is 5.51. The normalized spacial score (nSPS) is 41.4. The van der Waals surface area contributed by atoms with Crippen molar-refractivity contribution in [3.8, 4) is 0 Å². The molecule has 0 bridgehead atoms. The van der Waals surface area contributed by atoms with Crippen molar-refractivity contribution in [2.24, 2.45) is 5.73 Å². The molecular formula is C12H23N3S. The number of hydrogen-bond acceptors (Lipinski definition) is 4. The van der Waals surface area contributed by atoms with Crippen LogP contribution in [0.15, 0.2) is 0 Å². The van der Waals surface area contributed by atoms with Gasteiger partial charge in [-0.15, -0.1) is 0 Å². The van der Waals surface area contributed by atoms with E-state index >= 15 is 0 Å². The van der Waals surface area contributed by atoms with Crippen LogP contribution in [0, 0.1) is 0 Å². The zero-order valence-corrected chi connectivity index (χ0v) is 10.8. The second-order valence-corrected chi connectivity index (χ2v) is 6.61. The Bertz CT molecular complexity index is 253. The van der Waals surface area contributed by atoms with Crippen LogP contribution >= 0.6 is 11.8 Å². The standard InChI is InChI=1S/C12H23N3S/c13-9-12(3-7-16-10-12)15-6-5-14-4-1-2-11(14)8-15/h11H,1-10,13H2. The van der Waals surface area contributed by atoms with Crippen LogP contribution < -0.4 is 5.73 Å². The number of hydrogen-bond donors (Lipinski definition) is 1. The number of nitrogens with zero attached hydrogens (tertiary/aromatic N) is 2. The minimum Gasteiger partial charge on any atom is -0.329 e. The predicted molar refractivity (Wildman–Crippen MR) is 69.9 cm³/mol. The molecule has 3 aliphatic heterocycles. The van der Waals surface area contributed by atoms with Gasteiger partial charge in [-0.1, -0.05) is 0 Å². The van der Waals surface area contributed by atoms with Gasteiger partial charge in [-0.25, -0.2) is 0 Å². The minimum absolute atomic E-state index is 0.347. The summed E-state index contributed by atoms with van der Waals surface area (Å²) in [5.74, 6) is 2.57. The first-order valence-corrected chi connectivity index (χ1v) is 7.76. The summed E-state index contributed by atoms with van der Waals surface area (Å²) >= 11 is 2.09. The van der Waals surface area contributed by atoms with E-state index in [0.29, 0.717) is 5.54 Å². The summed E-state index contributed by atoms with van der Waals surface area (Å²) in [6, 6.07) is 0.836. The molecule has 0 saturated carbocycles. The maximum atomic E-state index is 6.07. The highest BCUT2D eigenvalue weighted by molar-refractivity contribution is 7.99. The van der Waals surface area contributed by atoms with E-state index in [9.17, 15) is 0 Å². The largest absolute Gasteiger partial charge is 0.329 e. The van der Waals surface area contributed by atoms with Crippen LogP contribution in [0.3, 0.4) is 0 Å². The highest BCUT2D eigenvalue weighted by Gasteiger charge is 2.43. The molecule has 16 heavy (non-hydrogen) atoms. The van der Waals surface area contributed by atoms with Gasteiger partial charge in [0.05, 0.1) is 0 Å². The van der Waals surface area contributed by atoms with Gasteiger partial charge in [0.25, 0.3) is 0 Å². The number of piperazine rings is 1. The Kier molecular flexibility index (Phi) is 3.17. The lowest BCUT2D eigenvalue weighted by atomic mass is 9.94. The SMILES string of the molecule is NCC1(N2CCN3CCCC3C2)CCSC1. The first kappa shape index (κ1) is 11.3. The molecule has 0 aromatic carbocycles. The summed E-state index contributed by atoms with van der Waals surface area (Å²) in [7, 11) is 0. The lowest BCUT2D eigenvalue weighted by Gasteiger charge is -2.47. The number of nitrogens with two attached hydrogens (primary N) is 1. The highest BCUT2D eigenvalue weighted by Crippen LogP contribution is 2.35. The Morgan fingerprint density at radius 2 is 2.25 bits per heavy atom. The van der Waals surface area contributed by atoms with Gasteiger partial charge in [0, 0.05) is 43.5 Å². The molecule has 0 spiro atoms. The lowest BCUT2D eigenvalue weighted by Crippen LogP contribution is -2.62. The zero-order valence-electron chi connectivity index (χ0n) is 10.0. The van der Waals surface area contributed by atoms with Crippen LogP contribution in [-0.2, 0) is 0 Å². The molecule has 0 aromatic rings. The molecular weight excluding hydrogens is 218 g/mol. The van der Waals surface area contributed by atoms with Gasteiger partial charge in [0.15, 0.2) is 0 Å². The van der Waals surface area contributed by atoms with E-state index < -0.39 is 0 Å². The van der Waals surface area contributed by atoms with Crippen molar-refractivity contribution in [1.82, 2.24) is 9.80 Å². The van der Waals surface area contributed by atoms with Crippen LogP contribution in [0.25, 0.3) is 0 Å². The van der Waals surface area contributed by atoms with Crippen molar-refractivity contribution in [3.05, 3.63) is 0 Å². The van der Waals surface area contributed by atoms with Crippen LogP contribution in [-0.4, -0.2) is 65.6 Å². The average Bonchev–Trinajstić information content (AvgIpc) is 2.97. The Morgan fingerprint density at radius 1 is 1.31 bits per heavy atom. The maximum absolute atomic E-state index is 6.07. The summed E-state index contributed by atoms with van der Waals surface area (Å²) in [4.78, 5) is 5.41. The highest BCUT2D eigenvalue weighted by atomic mass is 32.2. The third-order valence-corrected chi connectivity index (χ3v) is 5.95. The van der Waals surface area contributed by atoms with E-state index in [1.807, 2.05) is 0 Å². The molecule has 3 nitrogen and oxygen atoms in total. The van der Waals surface area contributed by atoms with Crippen molar-refractivity contribution in [2.75, 3.05) is 44.2 Å². The fraction of sp³-hybridized carbons (Fsp3) is 1.00. The fourth-order valence-corrected chi connectivity index (χ4v) is 5.05. The molecule has 0 radical (unpaired) electrons. The van der Waals surface area contributed by atoms with E-state index in [1.54, 1.807) is 0 Å². The summed E-state index contributed by atoms with van der Waals surface area (Å²) in [5, 5.41) is 0. The van der Waals surface area contributed by atoms with Crippen LogP contribution in [0.4, 0.5) is 0 Å². The van der Waals surface area contributed by atoms with Gasteiger partial charge in [0.2, 0.25) is 0 Å². The third-order valence-electron chi connectivity index (χ3n) is 4.72. The monoisotopic (exact) mass is 241 g/mol. The minimum atomic E-state index is 0.347. The molecule has 2 atom stereocenters. The second kappa shape index (κ2) is 4.48. The molecule has 3 saturated heterocycles. The lowest BCUT2D eigenvalue weighted by molar-refractivity contribution is 0.0311. The van der Waals surface area contributed by atoms with Crippen molar-refractivity contribution in [1.29, 1.82) is 0 Å². The van der Waals surface area contributed by atoms with Crippen molar-refractivity contribution >= 4 is 11.8 Å². The number of thioether (sulfide) groups is 1. The Hall–Kier alpha value is 0.230. The Morgan fingerprint density at radius 3 is 3.00 bits per heavy atom. The number of rotatable bonds is 2. The molecule has 4 heteroatoms. The summed E-state index contributed by atoms with van der Waals surface area (Å²) in [6.07, 6.45) is 4.12.